The first kappa shape index (κ1) is 14.6. The minimum Gasteiger partial charge on any atom is -0.481 e. The average Bonchev–Trinajstić information content (AvgIpc) is 3.01. The summed E-state index contributed by atoms with van der Waals surface area (Å²) in [6, 6.07) is 12.5. The fourth-order valence-corrected chi connectivity index (χ4v) is 4.58. The molecule has 0 saturated carbocycles. The van der Waals surface area contributed by atoms with E-state index in [0.29, 0.717) is 0 Å². The van der Waals surface area contributed by atoms with Gasteiger partial charge < -0.3 is 10.4 Å². The first-order valence-electron chi connectivity index (χ1n) is 6.97. The van der Waals surface area contributed by atoms with Crippen LogP contribution in [-0.2, 0) is 4.79 Å². The molecule has 5 heteroatoms. The minimum atomic E-state index is -0.764. The van der Waals surface area contributed by atoms with Gasteiger partial charge in [-0.05, 0) is 35.2 Å². The van der Waals surface area contributed by atoms with E-state index in [1.165, 1.54) is 10.5 Å². The molecule has 21 heavy (non-hydrogen) atoms. The fourth-order valence-electron chi connectivity index (χ4n) is 2.66. The molecule has 0 saturated heterocycles. The highest BCUT2D eigenvalue weighted by Gasteiger charge is 2.25. The van der Waals surface area contributed by atoms with Crippen molar-refractivity contribution in [2.45, 2.75) is 29.8 Å². The molecule has 2 aromatic rings. The summed E-state index contributed by atoms with van der Waals surface area (Å²) in [6.07, 6.45) is 1.15. The van der Waals surface area contributed by atoms with Gasteiger partial charge in [-0.15, -0.1) is 23.1 Å². The zero-order chi connectivity index (χ0) is 14.7. The molecule has 0 aliphatic carbocycles. The maximum Gasteiger partial charge on any atom is 0.305 e. The molecule has 1 aromatic heterocycles. The third-order valence-electron chi connectivity index (χ3n) is 3.63. The number of rotatable bonds is 5. The van der Waals surface area contributed by atoms with E-state index in [9.17, 15) is 4.79 Å². The van der Waals surface area contributed by atoms with E-state index in [1.54, 1.807) is 11.3 Å². The summed E-state index contributed by atoms with van der Waals surface area (Å²) < 4.78 is 0. The predicted octanol–water partition coefficient (Wildman–Crippen LogP) is 4.09. The first-order valence-corrected chi connectivity index (χ1v) is 8.83. The van der Waals surface area contributed by atoms with Gasteiger partial charge in [0.15, 0.2) is 0 Å². The van der Waals surface area contributed by atoms with Gasteiger partial charge >= 0.3 is 5.97 Å². The van der Waals surface area contributed by atoms with Gasteiger partial charge in [0.1, 0.15) is 0 Å². The number of nitrogens with one attached hydrogen (secondary N) is 1. The highest BCUT2D eigenvalue weighted by atomic mass is 32.2. The molecule has 1 aliphatic rings. The van der Waals surface area contributed by atoms with Crippen molar-refractivity contribution >= 4 is 29.1 Å². The Kier molecular flexibility index (Phi) is 4.63. The third kappa shape index (κ3) is 3.48. The van der Waals surface area contributed by atoms with Gasteiger partial charge in [-0.25, -0.2) is 0 Å². The van der Waals surface area contributed by atoms with Crippen molar-refractivity contribution < 1.29 is 9.90 Å². The highest BCUT2D eigenvalue weighted by molar-refractivity contribution is 7.99. The molecule has 1 aliphatic heterocycles. The highest BCUT2D eigenvalue weighted by Crippen LogP contribution is 2.37. The summed E-state index contributed by atoms with van der Waals surface area (Å²) in [5, 5.41) is 14.7. The number of thioether (sulfide) groups is 1. The lowest BCUT2D eigenvalue weighted by atomic mass is 10.0. The van der Waals surface area contributed by atoms with Crippen molar-refractivity contribution in [1.82, 2.24) is 5.32 Å². The molecule has 3 nitrogen and oxygen atoms in total. The third-order valence-corrected chi connectivity index (χ3v) is 5.73. The standard InChI is InChI=1S/C16H17NO2S2/c18-16(19)10-13(15-6-3-8-20-15)17-12-7-9-21-14-5-2-1-4-11(12)14/h1-6,8,12-13,17H,7,9-10H2,(H,18,19). The average molecular weight is 319 g/mol. The van der Waals surface area contributed by atoms with Crippen LogP contribution in [-0.4, -0.2) is 16.8 Å². The molecular weight excluding hydrogens is 302 g/mol. The van der Waals surface area contributed by atoms with Crippen molar-refractivity contribution in [3.05, 3.63) is 52.2 Å². The van der Waals surface area contributed by atoms with E-state index in [0.717, 1.165) is 17.1 Å². The Balaban J connectivity index is 1.82. The normalized spacial score (nSPS) is 19.0. The predicted molar refractivity (Wildman–Crippen MR) is 87.0 cm³/mol. The lowest BCUT2D eigenvalue weighted by Crippen LogP contribution is -2.29. The van der Waals surface area contributed by atoms with E-state index >= 15 is 0 Å². The van der Waals surface area contributed by atoms with Crippen LogP contribution in [0.2, 0.25) is 0 Å². The number of hydrogen-bond acceptors (Lipinski definition) is 4. The summed E-state index contributed by atoms with van der Waals surface area (Å²) in [4.78, 5) is 13.6. The number of carbonyl (C=O) groups is 1. The van der Waals surface area contributed by atoms with E-state index in [-0.39, 0.29) is 18.5 Å². The second-order valence-corrected chi connectivity index (χ2v) is 7.18. The van der Waals surface area contributed by atoms with Crippen molar-refractivity contribution in [3.8, 4) is 0 Å². The van der Waals surface area contributed by atoms with Crippen molar-refractivity contribution in [3.63, 3.8) is 0 Å². The Labute approximate surface area is 132 Å². The van der Waals surface area contributed by atoms with E-state index in [2.05, 4.69) is 29.6 Å². The Bertz CT molecular complexity index is 612. The molecule has 2 atom stereocenters. The van der Waals surface area contributed by atoms with E-state index in [1.807, 2.05) is 29.3 Å². The zero-order valence-electron chi connectivity index (χ0n) is 11.5. The molecule has 1 aromatic carbocycles. The maximum absolute atomic E-state index is 11.2. The summed E-state index contributed by atoms with van der Waals surface area (Å²) in [5.74, 6) is 0.304. The van der Waals surface area contributed by atoms with Crippen molar-refractivity contribution in [1.29, 1.82) is 0 Å². The van der Waals surface area contributed by atoms with Crippen molar-refractivity contribution in [2.24, 2.45) is 0 Å². The number of benzene rings is 1. The second kappa shape index (κ2) is 6.64. The number of carboxylic acid groups (broad SMARTS) is 1. The van der Waals surface area contributed by atoms with Crippen LogP contribution in [0.5, 0.6) is 0 Å². The monoisotopic (exact) mass is 319 g/mol. The lowest BCUT2D eigenvalue weighted by molar-refractivity contribution is -0.137. The Morgan fingerprint density at radius 1 is 1.33 bits per heavy atom. The van der Waals surface area contributed by atoms with Gasteiger partial charge in [-0.1, -0.05) is 24.3 Å². The molecule has 2 N–H and O–H groups in total. The van der Waals surface area contributed by atoms with Crippen LogP contribution < -0.4 is 5.32 Å². The van der Waals surface area contributed by atoms with E-state index in [4.69, 9.17) is 5.11 Å². The molecule has 2 heterocycles. The van der Waals surface area contributed by atoms with Crippen LogP contribution >= 0.6 is 23.1 Å². The largest absolute Gasteiger partial charge is 0.481 e. The molecule has 110 valence electrons. The van der Waals surface area contributed by atoms with Gasteiger partial charge in [-0.3, -0.25) is 4.79 Å². The molecule has 0 bridgehead atoms. The van der Waals surface area contributed by atoms with Crippen LogP contribution in [0, 0.1) is 0 Å². The Morgan fingerprint density at radius 3 is 2.95 bits per heavy atom. The Hall–Kier alpha value is -1.30. The maximum atomic E-state index is 11.2. The van der Waals surface area contributed by atoms with E-state index < -0.39 is 5.97 Å². The molecule has 2 unspecified atom stereocenters. The number of carboxylic acids is 1. The van der Waals surface area contributed by atoms with Crippen molar-refractivity contribution in [2.75, 3.05) is 5.75 Å². The fraction of sp³-hybridized carbons (Fsp3) is 0.312. The van der Waals surface area contributed by atoms with Crippen LogP contribution in [0.15, 0.2) is 46.7 Å². The SMILES string of the molecule is O=C(O)CC(NC1CCSc2ccccc21)c1cccs1. The molecule has 0 radical (unpaired) electrons. The zero-order valence-corrected chi connectivity index (χ0v) is 13.1. The lowest BCUT2D eigenvalue weighted by Gasteiger charge is -2.29. The summed E-state index contributed by atoms with van der Waals surface area (Å²) in [6.45, 7) is 0. The van der Waals surface area contributed by atoms with Gasteiger partial charge in [0.2, 0.25) is 0 Å². The van der Waals surface area contributed by atoms with Crippen LogP contribution in [0.4, 0.5) is 0 Å². The van der Waals surface area contributed by atoms with Crippen LogP contribution in [0.25, 0.3) is 0 Å². The second-order valence-electron chi connectivity index (χ2n) is 5.06. The summed E-state index contributed by atoms with van der Waals surface area (Å²) >= 11 is 3.49. The first-order chi connectivity index (χ1) is 10.2. The van der Waals surface area contributed by atoms with Crippen LogP contribution in [0.3, 0.4) is 0 Å². The molecule has 3 rings (SSSR count). The van der Waals surface area contributed by atoms with Gasteiger partial charge in [0.25, 0.3) is 0 Å². The molecule has 0 amide bonds. The quantitative estimate of drug-likeness (QED) is 0.871. The minimum absolute atomic E-state index is 0.117. The number of hydrogen-bond donors (Lipinski definition) is 2. The smallest absolute Gasteiger partial charge is 0.305 e. The molecule has 0 spiro atoms. The molecule has 0 fully saturated rings. The van der Waals surface area contributed by atoms with Gasteiger partial charge in [-0.2, -0.15) is 0 Å². The number of thiophene rings is 1. The number of fused-ring (bicyclic) bond motifs is 1. The Morgan fingerprint density at radius 2 is 2.19 bits per heavy atom. The van der Waals surface area contributed by atoms with Crippen LogP contribution in [0.1, 0.15) is 35.4 Å². The topological polar surface area (TPSA) is 49.3 Å². The summed E-state index contributed by atoms with van der Waals surface area (Å²) in [5.41, 5.74) is 1.29. The van der Waals surface area contributed by atoms with Gasteiger partial charge in [0, 0.05) is 15.8 Å². The number of aliphatic carboxylic acids is 1. The molecular formula is C16H17NO2S2. The van der Waals surface area contributed by atoms with Gasteiger partial charge in [0.05, 0.1) is 12.5 Å². The summed E-state index contributed by atoms with van der Waals surface area (Å²) in [7, 11) is 0.